The summed E-state index contributed by atoms with van der Waals surface area (Å²) in [7, 11) is 0. The number of esters is 1. The van der Waals surface area contributed by atoms with Gasteiger partial charge in [0.1, 0.15) is 6.42 Å². The Morgan fingerprint density at radius 1 is 1.05 bits per heavy atom. The van der Waals surface area contributed by atoms with Crippen LogP contribution in [0.25, 0.3) is 10.8 Å². The second-order valence-electron chi connectivity index (χ2n) is 4.46. The van der Waals surface area contributed by atoms with Crippen molar-refractivity contribution in [2.75, 3.05) is 13.2 Å². The molecule has 0 bridgehead atoms. The molecule has 0 radical (unpaired) electrons. The van der Waals surface area contributed by atoms with Crippen LogP contribution in [0.1, 0.15) is 23.2 Å². The molecule has 104 valence electrons. The lowest BCUT2D eigenvalue weighted by Gasteiger charge is -2.04. The van der Waals surface area contributed by atoms with Gasteiger partial charge in [-0.05, 0) is 16.8 Å². The molecule has 0 spiro atoms. The minimum atomic E-state index is -0.559. The molecule has 0 unspecified atom stereocenters. The quantitative estimate of drug-likeness (QED) is 0.379. The van der Waals surface area contributed by atoms with Crippen molar-refractivity contribution < 1.29 is 19.4 Å². The van der Waals surface area contributed by atoms with Gasteiger partial charge >= 0.3 is 5.97 Å². The van der Waals surface area contributed by atoms with E-state index in [2.05, 4.69) is 0 Å². The monoisotopic (exact) mass is 272 g/mol. The highest BCUT2D eigenvalue weighted by Gasteiger charge is 2.13. The van der Waals surface area contributed by atoms with Crippen LogP contribution in [0.4, 0.5) is 0 Å². The first-order valence-corrected chi connectivity index (χ1v) is 6.49. The highest BCUT2D eigenvalue weighted by molar-refractivity contribution is 6.07. The predicted molar refractivity (Wildman–Crippen MR) is 75.6 cm³/mol. The lowest BCUT2D eigenvalue weighted by atomic mass is 10.0. The van der Waals surface area contributed by atoms with Crippen LogP contribution >= 0.6 is 0 Å². The Morgan fingerprint density at radius 3 is 2.55 bits per heavy atom. The molecular weight excluding hydrogens is 256 g/mol. The fraction of sp³-hybridized carbons (Fsp3) is 0.250. The molecule has 0 saturated carbocycles. The van der Waals surface area contributed by atoms with Gasteiger partial charge in [-0.3, -0.25) is 9.59 Å². The van der Waals surface area contributed by atoms with Gasteiger partial charge in [-0.2, -0.15) is 0 Å². The van der Waals surface area contributed by atoms with E-state index in [1.54, 1.807) is 12.1 Å². The fourth-order valence-electron chi connectivity index (χ4n) is 1.90. The van der Waals surface area contributed by atoms with Gasteiger partial charge in [-0.1, -0.05) is 36.4 Å². The molecule has 2 aromatic carbocycles. The maximum absolute atomic E-state index is 12.0. The summed E-state index contributed by atoms with van der Waals surface area (Å²) in [6.07, 6.45) is 0.111. The highest BCUT2D eigenvalue weighted by Crippen LogP contribution is 2.16. The molecule has 0 amide bonds. The third-order valence-corrected chi connectivity index (χ3v) is 2.94. The Kier molecular flexibility index (Phi) is 4.85. The average molecular weight is 272 g/mol. The molecule has 0 aromatic heterocycles. The Morgan fingerprint density at radius 2 is 1.80 bits per heavy atom. The summed E-state index contributed by atoms with van der Waals surface area (Å²) in [6, 6.07) is 13.1. The van der Waals surface area contributed by atoms with E-state index < -0.39 is 5.97 Å². The minimum absolute atomic E-state index is 0.0358. The van der Waals surface area contributed by atoms with Crippen molar-refractivity contribution in [1.29, 1.82) is 0 Å². The molecule has 0 heterocycles. The van der Waals surface area contributed by atoms with E-state index in [0.717, 1.165) is 10.8 Å². The number of ketones is 1. The lowest BCUT2D eigenvalue weighted by molar-refractivity contribution is -0.142. The van der Waals surface area contributed by atoms with E-state index in [1.807, 2.05) is 30.3 Å². The molecule has 20 heavy (non-hydrogen) atoms. The van der Waals surface area contributed by atoms with Gasteiger partial charge < -0.3 is 9.84 Å². The molecule has 1 N–H and O–H groups in total. The van der Waals surface area contributed by atoms with E-state index in [1.165, 1.54) is 0 Å². The van der Waals surface area contributed by atoms with Crippen molar-refractivity contribution in [3.8, 4) is 0 Å². The molecule has 0 aliphatic heterocycles. The molecule has 0 fully saturated rings. The summed E-state index contributed by atoms with van der Waals surface area (Å²) in [4.78, 5) is 23.4. The first kappa shape index (κ1) is 14.2. The van der Waals surface area contributed by atoms with E-state index in [4.69, 9.17) is 9.84 Å². The normalized spacial score (nSPS) is 10.4. The van der Waals surface area contributed by atoms with Gasteiger partial charge in [0.25, 0.3) is 0 Å². The highest BCUT2D eigenvalue weighted by atomic mass is 16.5. The molecule has 0 aliphatic rings. The molecule has 0 atom stereocenters. The summed E-state index contributed by atoms with van der Waals surface area (Å²) in [5.41, 5.74) is 0.503. The van der Waals surface area contributed by atoms with Crippen molar-refractivity contribution in [2.45, 2.75) is 12.8 Å². The van der Waals surface area contributed by atoms with E-state index in [9.17, 15) is 9.59 Å². The number of hydrogen-bond donors (Lipinski definition) is 1. The number of Topliss-reactive ketones (excluding diaryl/α,β-unsaturated/α-hetero) is 1. The van der Waals surface area contributed by atoms with Crippen LogP contribution in [-0.4, -0.2) is 30.1 Å². The summed E-state index contributed by atoms with van der Waals surface area (Å²) >= 11 is 0. The van der Waals surface area contributed by atoms with E-state index in [0.29, 0.717) is 12.0 Å². The van der Waals surface area contributed by atoms with Crippen LogP contribution in [0, 0.1) is 0 Å². The third-order valence-electron chi connectivity index (χ3n) is 2.94. The molecule has 2 aromatic rings. The zero-order valence-corrected chi connectivity index (χ0v) is 11.0. The molecular formula is C16H16O4. The summed E-state index contributed by atoms with van der Waals surface area (Å²) in [6.45, 7) is 0.103. The second-order valence-corrected chi connectivity index (χ2v) is 4.46. The zero-order chi connectivity index (χ0) is 14.4. The summed E-state index contributed by atoms with van der Waals surface area (Å²) < 4.78 is 4.84. The fourth-order valence-corrected chi connectivity index (χ4v) is 1.90. The molecule has 2 rings (SSSR count). The Hall–Kier alpha value is -2.20. The van der Waals surface area contributed by atoms with Gasteiger partial charge in [0.15, 0.2) is 5.78 Å². The minimum Gasteiger partial charge on any atom is -0.465 e. The average Bonchev–Trinajstić information content (AvgIpc) is 2.47. The van der Waals surface area contributed by atoms with Crippen molar-refractivity contribution in [2.24, 2.45) is 0 Å². The van der Waals surface area contributed by atoms with Gasteiger partial charge in [-0.25, -0.2) is 0 Å². The van der Waals surface area contributed by atoms with Gasteiger partial charge in [0.05, 0.1) is 6.61 Å². The van der Waals surface area contributed by atoms with Gasteiger partial charge in [0, 0.05) is 18.6 Å². The number of hydrogen-bond acceptors (Lipinski definition) is 4. The molecule has 0 saturated heterocycles. The topological polar surface area (TPSA) is 63.6 Å². The van der Waals surface area contributed by atoms with Crippen LogP contribution in [-0.2, 0) is 9.53 Å². The van der Waals surface area contributed by atoms with Gasteiger partial charge in [0.2, 0.25) is 0 Å². The van der Waals surface area contributed by atoms with Crippen molar-refractivity contribution >= 4 is 22.5 Å². The van der Waals surface area contributed by atoms with Crippen molar-refractivity contribution in [3.63, 3.8) is 0 Å². The number of rotatable bonds is 6. The van der Waals surface area contributed by atoms with E-state index in [-0.39, 0.29) is 25.4 Å². The number of carbonyl (C=O) groups excluding carboxylic acids is 2. The first-order valence-electron chi connectivity index (χ1n) is 6.49. The van der Waals surface area contributed by atoms with Crippen LogP contribution in [0.15, 0.2) is 42.5 Å². The second kappa shape index (κ2) is 6.82. The first-order chi connectivity index (χ1) is 9.70. The molecule has 4 heteroatoms. The molecule has 0 aliphatic carbocycles. The van der Waals surface area contributed by atoms with Gasteiger partial charge in [-0.15, -0.1) is 0 Å². The maximum atomic E-state index is 12.0. The number of benzene rings is 2. The van der Waals surface area contributed by atoms with Crippen LogP contribution in [0.2, 0.25) is 0 Å². The lowest BCUT2D eigenvalue weighted by Crippen LogP contribution is -2.12. The smallest absolute Gasteiger partial charge is 0.313 e. The summed E-state index contributed by atoms with van der Waals surface area (Å²) in [5.74, 6) is -0.818. The predicted octanol–water partition coefficient (Wildman–Crippen LogP) is 2.34. The van der Waals surface area contributed by atoms with E-state index >= 15 is 0 Å². The number of aliphatic hydroxyl groups excluding tert-OH is 1. The SMILES string of the molecule is O=C(CC(=O)c1ccc2ccccc2c1)OCCCO. The van der Waals surface area contributed by atoms with Crippen LogP contribution in [0.5, 0.6) is 0 Å². The van der Waals surface area contributed by atoms with Crippen LogP contribution in [0.3, 0.4) is 0 Å². The number of ether oxygens (including phenoxy) is 1. The number of aliphatic hydroxyl groups is 1. The maximum Gasteiger partial charge on any atom is 0.313 e. The van der Waals surface area contributed by atoms with Crippen molar-refractivity contribution in [3.05, 3.63) is 48.0 Å². The Balaban J connectivity index is 2.02. The van der Waals surface area contributed by atoms with Crippen LogP contribution < -0.4 is 0 Å². The zero-order valence-electron chi connectivity index (χ0n) is 11.0. The number of carbonyl (C=O) groups is 2. The Labute approximate surface area is 117 Å². The number of fused-ring (bicyclic) bond motifs is 1. The standard InChI is InChI=1S/C16H16O4/c17-8-3-9-20-16(19)11-15(18)14-7-6-12-4-1-2-5-13(12)10-14/h1-2,4-7,10,17H,3,8-9,11H2. The Bertz CT molecular complexity index is 619. The summed E-state index contributed by atoms with van der Waals surface area (Å²) in [5, 5.41) is 10.6. The third kappa shape index (κ3) is 3.65. The largest absolute Gasteiger partial charge is 0.465 e. The van der Waals surface area contributed by atoms with Crippen molar-refractivity contribution in [1.82, 2.24) is 0 Å². The molecule has 4 nitrogen and oxygen atoms in total.